The topological polar surface area (TPSA) is 91.3 Å². The molecule has 0 aliphatic carbocycles. The van der Waals surface area contributed by atoms with Crippen molar-refractivity contribution in [3.8, 4) is 5.75 Å². The highest BCUT2D eigenvalue weighted by atomic mass is 19.4. The monoisotopic (exact) mass is 605 g/mol. The van der Waals surface area contributed by atoms with Gasteiger partial charge >= 0.3 is 12.1 Å². The number of carboxylic acids is 1. The first-order chi connectivity index (χ1) is 20.2. The maximum atomic E-state index is 14.3. The molecule has 1 amide bonds. The quantitative estimate of drug-likeness (QED) is 0.419. The van der Waals surface area contributed by atoms with Crippen LogP contribution < -0.4 is 15.0 Å². The Hall–Kier alpha value is -3.31. The maximum Gasteiger partial charge on any atom is 0.416 e. The number of hydrogen-bond donors (Lipinski definition) is 2. The molecular formula is C32H42F3N3O5. The van der Waals surface area contributed by atoms with Gasteiger partial charge in [0.2, 0.25) is 5.91 Å². The SMILES string of the molecule is COc1ccc(C(F)(F)F)cc1CNC1C(c2ccccc2N(C)C)N(C(=O)C2CCCOC2)C(C(=O)O)C1C(C)(C)C. The lowest BCUT2D eigenvalue weighted by Gasteiger charge is -2.36. The van der Waals surface area contributed by atoms with Gasteiger partial charge in [0.1, 0.15) is 11.8 Å². The molecule has 2 aliphatic rings. The number of ether oxygens (including phenoxy) is 2. The third kappa shape index (κ3) is 6.77. The van der Waals surface area contributed by atoms with Crippen LogP contribution in [0.1, 0.15) is 56.3 Å². The Labute approximate surface area is 251 Å². The van der Waals surface area contributed by atoms with Crippen molar-refractivity contribution in [3.05, 3.63) is 59.2 Å². The molecule has 0 bridgehead atoms. The third-order valence-electron chi connectivity index (χ3n) is 8.56. The number of anilines is 1. The predicted molar refractivity (Wildman–Crippen MR) is 157 cm³/mol. The molecule has 2 N–H and O–H groups in total. The van der Waals surface area contributed by atoms with E-state index < -0.39 is 53.1 Å². The average molecular weight is 606 g/mol. The molecule has 4 rings (SSSR count). The number of methoxy groups -OCH3 is 1. The van der Waals surface area contributed by atoms with Crippen molar-refractivity contribution in [3.63, 3.8) is 0 Å². The molecule has 2 aromatic rings. The van der Waals surface area contributed by atoms with E-state index >= 15 is 0 Å². The number of rotatable bonds is 8. The summed E-state index contributed by atoms with van der Waals surface area (Å²) in [5.74, 6) is -2.24. The third-order valence-corrected chi connectivity index (χ3v) is 8.56. The van der Waals surface area contributed by atoms with Crippen molar-refractivity contribution in [2.24, 2.45) is 17.3 Å². The minimum Gasteiger partial charge on any atom is -0.496 e. The molecular weight excluding hydrogens is 563 g/mol. The summed E-state index contributed by atoms with van der Waals surface area (Å²) in [5, 5.41) is 14.2. The number of para-hydroxylation sites is 1. The largest absolute Gasteiger partial charge is 0.496 e. The van der Waals surface area contributed by atoms with Crippen LogP contribution in [0.5, 0.6) is 5.75 Å². The summed E-state index contributed by atoms with van der Waals surface area (Å²) in [6.45, 7) is 6.52. The summed E-state index contributed by atoms with van der Waals surface area (Å²) in [5.41, 5.74) is 0.427. The summed E-state index contributed by atoms with van der Waals surface area (Å²) in [6.07, 6.45) is -3.26. The van der Waals surface area contributed by atoms with E-state index in [1.807, 2.05) is 64.0 Å². The molecule has 2 heterocycles. The molecule has 0 saturated carbocycles. The first-order valence-electron chi connectivity index (χ1n) is 14.5. The van der Waals surface area contributed by atoms with E-state index in [0.29, 0.717) is 19.4 Å². The van der Waals surface area contributed by atoms with Gasteiger partial charge in [-0.1, -0.05) is 39.0 Å². The van der Waals surface area contributed by atoms with Crippen LogP contribution in [0.15, 0.2) is 42.5 Å². The molecule has 2 fully saturated rings. The number of amides is 1. The Balaban J connectivity index is 1.89. The second kappa shape index (κ2) is 12.7. The van der Waals surface area contributed by atoms with Gasteiger partial charge in [-0.15, -0.1) is 0 Å². The standard InChI is InChI=1S/C32H42F3N3O5/c1-31(2,3)25-26(36-17-20-16-21(32(33,34)35)13-14-24(20)42-6)27(22-11-7-8-12-23(22)37(4)5)38(28(25)30(40)41)29(39)19-10-9-15-43-18-19/h7-8,11-14,16,19,25-28,36H,9-10,15,17-18H2,1-6H3,(H,40,41). The summed E-state index contributed by atoms with van der Waals surface area (Å²) >= 11 is 0. The van der Waals surface area contributed by atoms with E-state index in [9.17, 15) is 27.9 Å². The van der Waals surface area contributed by atoms with E-state index in [1.165, 1.54) is 18.1 Å². The predicted octanol–water partition coefficient (Wildman–Crippen LogP) is 5.36. The number of aliphatic carboxylic acids is 1. The fourth-order valence-electron chi connectivity index (χ4n) is 6.66. The van der Waals surface area contributed by atoms with Crippen LogP contribution in [0.3, 0.4) is 0 Å². The molecule has 2 aromatic carbocycles. The van der Waals surface area contributed by atoms with Gasteiger partial charge in [0, 0.05) is 50.5 Å². The second-order valence-electron chi connectivity index (χ2n) is 12.7. The van der Waals surface area contributed by atoms with Gasteiger partial charge in [-0.05, 0) is 48.1 Å². The Morgan fingerprint density at radius 3 is 2.40 bits per heavy atom. The fourth-order valence-corrected chi connectivity index (χ4v) is 6.66. The lowest BCUT2D eigenvalue weighted by atomic mass is 9.72. The van der Waals surface area contributed by atoms with Gasteiger partial charge in [0.25, 0.3) is 0 Å². The first-order valence-corrected chi connectivity index (χ1v) is 14.5. The van der Waals surface area contributed by atoms with Crippen LogP contribution in [0.2, 0.25) is 0 Å². The zero-order valence-electron chi connectivity index (χ0n) is 25.6. The van der Waals surface area contributed by atoms with Crippen LogP contribution in [0.4, 0.5) is 18.9 Å². The molecule has 2 aliphatic heterocycles. The highest BCUT2D eigenvalue weighted by molar-refractivity contribution is 5.87. The van der Waals surface area contributed by atoms with Gasteiger partial charge in [0.05, 0.1) is 31.2 Å². The Morgan fingerprint density at radius 2 is 1.84 bits per heavy atom. The minimum absolute atomic E-state index is 0.0358. The minimum atomic E-state index is -4.55. The molecule has 0 radical (unpaired) electrons. The fraction of sp³-hybridized carbons (Fsp3) is 0.562. The number of nitrogens with zero attached hydrogens (tertiary/aromatic N) is 2. The van der Waals surface area contributed by atoms with Crippen LogP contribution in [-0.2, 0) is 27.0 Å². The zero-order chi connectivity index (χ0) is 31.7. The number of nitrogens with one attached hydrogen (secondary N) is 1. The van der Waals surface area contributed by atoms with E-state index in [1.54, 1.807) is 0 Å². The Morgan fingerprint density at radius 1 is 1.14 bits per heavy atom. The number of carbonyl (C=O) groups excluding carboxylic acids is 1. The van der Waals surface area contributed by atoms with Gasteiger partial charge in [-0.3, -0.25) is 4.79 Å². The van der Waals surface area contributed by atoms with Gasteiger partial charge < -0.3 is 29.7 Å². The smallest absolute Gasteiger partial charge is 0.416 e. The van der Waals surface area contributed by atoms with Crippen molar-refractivity contribution < 1.29 is 37.3 Å². The van der Waals surface area contributed by atoms with Crippen molar-refractivity contribution in [1.82, 2.24) is 10.2 Å². The number of likely N-dealkylation sites (tertiary alicyclic amines) is 1. The van der Waals surface area contributed by atoms with Crippen LogP contribution in [0.25, 0.3) is 0 Å². The molecule has 0 aromatic heterocycles. The lowest BCUT2D eigenvalue weighted by Crippen LogP contribution is -2.50. The summed E-state index contributed by atoms with van der Waals surface area (Å²) in [4.78, 5) is 30.9. The number of benzene rings is 2. The molecule has 2 saturated heterocycles. The van der Waals surface area contributed by atoms with E-state index in [0.717, 1.165) is 23.4 Å². The number of hydrogen-bond acceptors (Lipinski definition) is 6. The highest BCUT2D eigenvalue weighted by Gasteiger charge is 2.59. The number of carboxylic acid groups (broad SMARTS) is 1. The van der Waals surface area contributed by atoms with Crippen molar-refractivity contribution >= 4 is 17.6 Å². The van der Waals surface area contributed by atoms with Crippen LogP contribution >= 0.6 is 0 Å². The summed E-state index contributed by atoms with van der Waals surface area (Å²) in [6, 6.07) is 8.29. The van der Waals surface area contributed by atoms with Crippen molar-refractivity contribution in [2.45, 2.75) is 64.5 Å². The highest BCUT2D eigenvalue weighted by Crippen LogP contribution is 2.50. The zero-order valence-corrected chi connectivity index (χ0v) is 25.6. The Bertz CT molecular complexity index is 1300. The Kier molecular flexibility index (Phi) is 9.66. The number of carbonyl (C=O) groups is 2. The van der Waals surface area contributed by atoms with Crippen molar-refractivity contribution in [1.29, 1.82) is 0 Å². The van der Waals surface area contributed by atoms with Crippen LogP contribution in [0, 0.1) is 17.3 Å². The van der Waals surface area contributed by atoms with Gasteiger partial charge in [-0.2, -0.15) is 13.2 Å². The second-order valence-corrected chi connectivity index (χ2v) is 12.7. The van der Waals surface area contributed by atoms with E-state index in [-0.39, 0.29) is 30.4 Å². The normalized spacial score (nSPS) is 24.6. The molecule has 5 unspecified atom stereocenters. The average Bonchev–Trinajstić information content (AvgIpc) is 3.31. The number of halogens is 3. The number of alkyl halides is 3. The molecule has 0 spiro atoms. The van der Waals surface area contributed by atoms with Crippen LogP contribution in [-0.4, -0.2) is 68.4 Å². The van der Waals surface area contributed by atoms with Crippen molar-refractivity contribution in [2.75, 3.05) is 39.3 Å². The molecule has 8 nitrogen and oxygen atoms in total. The maximum absolute atomic E-state index is 14.3. The molecule has 5 atom stereocenters. The van der Waals surface area contributed by atoms with Gasteiger partial charge in [0.15, 0.2) is 0 Å². The lowest BCUT2D eigenvalue weighted by molar-refractivity contribution is -0.156. The van der Waals surface area contributed by atoms with E-state index in [2.05, 4.69) is 5.32 Å². The van der Waals surface area contributed by atoms with E-state index in [4.69, 9.17) is 9.47 Å². The molecule has 11 heteroatoms. The summed E-state index contributed by atoms with van der Waals surface area (Å²) in [7, 11) is 5.14. The molecule has 236 valence electrons. The first kappa shape index (κ1) is 32.6. The summed E-state index contributed by atoms with van der Waals surface area (Å²) < 4.78 is 51.9. The molecule has 43 heavy (non-hydrogen) atoms. The van der Waals surface area contributed by atoms with Gasteiger partial charge in [-0.25, -0.2) is 4.79 Å².